The largest absolute Gasteiger partial charge is 0.497 e. The smallest absolute Gasteiger partial charge is 0.335 e. The summed E-state index contributed by atoms with van der Waals surface area (Å²) in [6, 6.07) is 7.73. The summed E-state index contributed by atoms with van der Waals surface area (Å²) in [5.41, 5.74) is 0.967. The number of urea groups is 1. The normalized spacial score (nSPS) is 16.4. The Bertz CT molecular complexity index is 894. The fourth-order valence-corrected chi connectivity index (χ4v) is 2.63. The monoisotopic (exact) mass is 353 g/mol. The lowest BCUT2D eigenvalue weighted by Crippen LogP contribution is -2.54. The summed E-state index contributed by atoms with van der Waals surface area (Å²) in [5.74, 6) is -0.774. The zero-order valence-electron chi connectivity index (χ0n) is 14.7. The summed E-state index contributed by atoms with van der Waals surface area (Å²) >= 11 is 0. The molecule has 0 radical (unpaired) electrons. The first-order valence-corrected chi connectivity index (χ1v) is 8.13. The molecule has 2 aromatic rings. The van der Waals surface area contributed by atoms with Gasteiger partial charge < -0.3 is 9.30 Å². The van der Waals surface area contributed by atoms with E-state index in [4.69, 9.17) is 4.74 Å². The Morgan fingerprint density at radius 1 is 1.08 bits per heavy atom. The van der Waals surface area contributed by atoms with Gasteiger partial charge in [0.2, 0.25) is 0 Å². The van der Waals surface area contributed by atoms with E-state index >= 15 is 0 Å². The number of ether oxygens (including phenoxy) is 1. The summed E-state index contributed by atoms with van der Waals surface area (Å²) < 4.78 is 7.04. The zero-order valence-corrected chi connectivity index (χ0v) is 14.7. The second-order valence-corrected chi connectivity index (χ2v) is 6.14. The number of imide groups is 2. The van der Waals surface area contributed by atoms with Crippen LogP contribution in [0.1, 0.15) is 25.5 Å². The van der Waals surface area contributed by atoms with Crippen molar-refractivity contribution in [3.05, 3.63) is 53.9 Å². The molecule has 1 saturated heterocycles. The molecule has 3 rings (SSSR count). The number of methoxy groups -OCH3 is 1. The number of amides is 4. The number of aromatic nitrogens is 1. The molecule has 4 amide bonds. The van der Waals surface area contributed by atoms with Crippen LogP contribution in [0.4, 0.5) is 10.5 Å². The van der Waals surface area contributed by atoms with Gasteiger partial charge in [-0.1, -0.05) is 0 Å². The highest BCUT2D eigenvalue weighted by Crippen LogP contribution is 2.24. The van der Waals surface area contributed by atoms with Gasteiger partial charge in [0, 0.05) is 18.4 Å². The predicted octanol–water partition coefficient (Wildman–Crippen LogP) is 2.74. The fourth-order valence-electron chi connectivity index (χ4n) is 2.63. The van der Waals surface area contributed by atoms with Crippen molar-refractivity contribution in [1.29, 1.82) is 0 Å². The lowest BCUT2D eigenvalue weighted by molar-refractivity contribution is -0.122. The van der Waals surface area contributed by atoms with E-state index in [2.05, 4.69) is 5.32 Å². The minimum absolute atomic E-state index is 0.0954. The average molecular weight is 353 g/mol. The number of hydrogen-bond acceptors (Lipinski definition) is 4. The molecule has 7 nitrogen and oxygen atoms in total. The standard InChI is InChI=1S/C19H19N3O4/c1-12(2)21-9-8-13(11-21)10-16-17(23)20-19(25)22(18(16)24)14-4-6-15(26-3)7-5-14/h4-12H,1-3H3,(H,20,23,25)/b16-10-. The molecule has 0 spiro atoms. The van der Waals surface area contributed by atoms with Gasteiger partial charge in [-0.3, -0.25) is 14.9 Å². The van der Waals surface area contributed by atoms with Gasteiger partial charge in [0.1, 0.15) is 11.3 Å². The van der Waals surface area contributed by atoms with E-state index in [0.717, 1.165) is 4.90 Å². The zero-order chi connectivity index (χ0) is 18.8. The Kier molecular flexibility index (Phi) is 4.62. The number of nitrogens with zero attached hydrogens (tertiary/aromatic N) is 2. The molecule has 0 atom stereocenters. The molecule has 0 bridgehead atoms. The summed E-state index contributed by atoms with van der Waals surface area (Å²) in [6.45, 7) is 4.05. The van der Waals surface area contributed by atoms with Crippen LogP contribution in [0.25, 0.3) is 6.08 Å². The van der Waals surface area contributed by atoms with E-state index in [1.807, 2.05) is 36.9 Å². The first-order chi connectivity index (χ1) is 12.4. The molecule has 1 N–H and O–H groups in total. The lowest BCUT2D eigenvalue weighted by atomic mass is 10.1. The van der Waals surface area contributed by atoms with E-state index in [1.54, 1.807) is 24.3 Å². The van der Waals surface area contributed by atoms with Gasteiger partial charge in [-0.25, -0.2) is 9.69 Å². The van der Waals surface area contributed by atoms with E-state index in [0.29, 0.717) is 17.0 Å². The third-order valence-corrected chi connectivity index (χ3v) is 4.08. The molecule has 1 aliphatic heterocycles. The Hall–Kier alpha value is -3.35. The summed E-state index contributed by atoms with van der Waals surface area (Å²) in [7, 11) is 1.52. The second-order valence-electron chi connectivity index (χ2n) is 6.14. The first kappa shape index (κ1) is 17.5. The van der Waals surface area contributed by atoms with Gasteiger partial charge in [-0.05, 0) is 55.8 Å². The van der Waals surface area contributed by atoms with Crippen molar-refractivity contribution < 1.29 is 19.1 Å². The molecular formula is C19H19N3O4. The Morgan fingerprint density at radius 3 is 2.35 bits per heavy atom. The molecule has 134 valence electrons. The maximum absolute atomic E-state index is 12.8. The number of anilines is 1. The van der Waals surface area contributed by atoms with Crippen molar-refractivity contribution in [2.24, 2.45) is 0 Å². The Balaban J connectivity index is 1.95. The molecule has 1 fully saturated rings. The number of hydrogen-bond donors (Lipinski definition) is 1. The Labute approximate surface area is 150 Å². The highest BCUT2D eigenvalue weighted by atomic mass is 16.5. The highest BCUT2D eigenvalue weighted by Gasteiger charge is 2.36. The van der Waals surface area contributed by atoms with Gasteiger partial charge in [-0.2, -0.15) is 0 Å². The fraction of sp³-hybridized carbons (Fsp3) is 0.211. The van der Waals surface area contributed by atoms with E-state index in [-0.39, 0.29) is 11.6 Å². The first-order valence-electron chi connectivity index (χ1n) is 8.13. The molecule has 1 aromatic carbocycles. The molecule has 7 heteroatoms. The Morgan fingerprint density at radius 2 is 1.77 bits per heavy atom. The molecule has 0 saturated carbocycles. The van der Waals surface area contributed by atoms with Crippen LogP contribution in [0.2, 0.25) is 0 Å². The molecular weight excluding hydrogens is 334 g/mol. The van der Waals surface area contributed by atoms with Crippen molar-refractivity contribution in [3.8, 4) is 5.75 Å². The molecule has 2 heterocycles. The third-order valence-electron chi connectivity index (χ3n) is 4.08. The number of nitrogens with one attached hydrogen (secondary N) is 1. The highest BCUT2D eigenvalue weighted by molar-refractivity contribution is 6.39. The molecule has 1 aromatic heterocycles. The van der Waals surface area contributed by atoms with Crippen LogP contribution in [0.15, 0.2) is 48.3 Å². The minimum atomic E-state index is -0.776. The van der Waals surface area contributed by atoms with Crippen LogP contribution < -0.4 is 15.0 Å². The third kappa shape index (κ3) is 3.23. The molecule has 0 aliphatic carbocycles. The van der Waals surface area contributed by atoms with Gasteiger partial charge in [-0.15, -0.1) is 0 Å². The minimum Gasteiger partial charge on any atom is -0.497 e. The molecule has 0 unspecified atom stereocenters. The second kappa shape index (κ2) is 6.87. The summed E-state index contributed by atoms with van der Waals surface area (Å²) in [4.78, 5) is 38.1. The van der Waals surface area contributed by atoms with Crippen molar-refractivity contribution in [1.82, 2.24) is 9.88 Å². The molecule has 1 aliphatic rings. The number of rotatable bonds is 4. The molecule has 26 heavy (non-hydrogen) atoms. The van der Waals surface area contributed by atoms with E-state index in [9.17, 15) is 14.4 Å². The van der Waals surface area contributed by atoms with Gasteiger partial charge in [0.25, 0.3) is 11.8 Å². The van der Waals surface area contributed by atoms with E-state index < -0.39 is 17.8 Å². The van der Waals surface area contributed by atoms with Gasteiger partial charge in [0.05, 0.1) is 12.8 Å². The number of carbonyl (C=O) groups is 3. The van der Waals surface area contributed by atoms with Crippen LogP contribution in [0, 0.1) is 0 Å². The predicted molar refractivity (Wildman–Crippen MR) is 96.8 cm³/mol. The van der Waals surface area contributed by atoms with Gasteiger partial charge in [0.15, 0.2) is 0 Å². The maximum atomic E-state index is 12.8. The quantitative estimate of drug-likeness (QED) is 0.677. The van der Waals surface area contributed by atoms with E-state index in [1.165, 1.54) is 13.2 Å². The average Bonchev–Trinajstić information content (AvgIpc) is 3.08. The summed E-state index contributed by atoms with van der Waals surface area (Å²) in [5, 5.41) is 2.21. The van der Waals surface area contributed by atoms with Crippen molar-refractivity contribution in [2.75, 3.05) is 12.0 Å². The number of benzene rings is 1. The van der Waals surface area contributed by atoms with Crippen LogP contribution in [-0.2, 0) is 9.59 Å². The van der Waals surface area contributed by atoms with Crippen molar-refractivity contribution in [3.63, 3.8) is 0 Å². The topological polar surface area (TPSA) is 80.6 Å². The van der Waals surface area contributed by atoms with Crippen molar-refractivity contribution in [2.45, 2.75) is 19.9 Å². The van der Waals surface area contributed by atoms with Crippen LogP contribution >= 0.6 is 0 Å². The number of barbiturate groups is 1. The van der Waals surface area contributed by atoms with Gasteiger partial charge >= 0.3 is 6.03 Å². The number of carbonyl (C=O) groups excluding carboxylic acids is 3. The van der Waals surface area contributed by atoms with Crippen LogP contribution in [0.5, 0.6) is 5.75 Å². The van der Waals surface area contributed by atoms with Crippen LogP contribution in [0.3, 0.4) is 0 Å². The summed E-state index contributed by atoms with van der Waals surface area (Å²) in [6.07, 6.45) is 5.19. The van der Waals surface area contributed by atoms with Crippen molar-refractivity contribution >= 4 is 29.6 Å². The van der Waals surface area contributed by atoms with Crippen LogP contribution in [-0.4, -0.2) is 29.5 Å². The maximum Gasteiger partial charge on any atom is 0.335 e. The SMILES string of the molecule is COc1ccc(N2C(=O)NC(=O)/C(=C/c3ccn(C(C)C)c3)C2=O)cc1. The lowest BCUT2D eigenvalue weighted by Gasteiger charge is -2.26.